The molecule has 1 heterocycles. The topological polar surface area (TPSA) is 66.9 Å². The number of nitrogens with zero attached hydrogens (tertiary/aromatic N) is 2. The second kappa shape index (κ2) is 7.78. The predicted octanol–water partition coefficient (Wildman–Crippen LogP) is 4.65. The molecule has 0 radical (unpaired) electrons. The van der Waals surface area contributed by atoms with Crippen molar-refractivity contribution >= 4 is 23.2 Å². The van der Waals surface area contributed by atoms with Crippen molar-refractivity contribution < 1.29 is 4.79 Å². The summed E-state index contributed by atoms with van der Waals surface area (Å²) in [6.45, 7) is 6.15. The van der Waals surface area contributed by atoms with E-state index in [0.717, 1.165) is 23.4 Å². The molecule has 1 aromatic heterocycles. The summed E-state index contributed by atoms with van der Waals surface area (Å²) in [5, 5.41) is 6.08. The molecule has 0 aliphatic rings. The first-order valence-electron chi connectivity index (χ1n) is 8.63. The van der Waals surface area contributed by atoms with Crippen LogP contribution in [-0.2, 0) is 6.42 Å². The third-order valence-electron chi connectivity index (χ3n) is 4.30. The van der Waals surface area contributed by atoms with Gasteiger partial charge in [0.15, 0.2) is 0 Å². The van der Waals surface area contributed by atoms with Crippen LogP contribution in [0.5, 0.6) is 0 Å². The van der Waals surface area contributed by atoms with E-state index in [0.29, 0.717) is 11.6 Å². The van der Waals surface area contributed by atoms with Crippen LogP contribution in [0.2, 0.25) is 0 Å². The number of benzene rings is 2. The number of anilines is 3. The fourth-order valence-corrected chi connectivity index (χ4v) is 2.63. The maximum atomic E-state index is 12.5. The van der Waals surface area contributed by atoms with Gasteiger partial charge in [-0.3, -0.25) is 4.79 Å². The Balaban J connectivity index is 1.78. The highest BCUT2D eigenvalue weighted by Crippen LogP contribution is 2.19. The van der Waals surface area contributed by atoms with Gasteiger partial charge in [-0.25, -0.2) is 9.97 Å². The first-order chi connectivity index (χ1) is 12.6. The highest BCUT2D eigenvalue weighted by Gasteiger charge is 2.10. The predicted molar refractivity (Wildman–Crippen MR) is 105 cm³/mol. The van der Waals surface area contributed by atoms with Crippen LogP contribution in [0, 0.1) is 13.8 Å². The normalized spacial score (nSPS) is 10.4. The second-order valence-corrected chi connectivity index (χ2v) is 6.15. The third-order valence-corrected chi connectivity index (χ3v) is 4.30. The van der Waals surface area contributed by atoms with E-state index in [2.05, 4.69) is 33.6 Å². The molecule has 0 spiro atoms. The van der Waals surface area contributed by atoms with Crippen molar-refractivity contribution in [2.45, 2.75) is 27.2 Å². The fourth-order valence-electron chi connectivity index (χ4n) is 2.63. The highest BCUT2D eigenvalue weighted by atomic mass is 16.1. The first-order valence-corrected chi connectivity index (χ1v) is 8.63. The summed E-state index contributed by atoms with van der Waals surface area (Å²) in [6.07, 6.45) is 2.48. The summed E-state index contributed by atoms with van der Waals surface area (Å²) in [6, 6.07) is 15.4. The maximum Gasteiger partial charge on any atom is 0.274 e. The van der Waals surface area contributed by atoms with Crippen LogP contribution >= 0.6 is 0 Å². The van der Waals surface area contributed by atoms with Gasteiger partial charge >= 0.3 is 0 Å². The first kappa shape index (κ1) is 17.6. The monoisotopic (exact) mass is 346 g/mol. The van der Waals surface area contributed by atoms with Gasteiger partial charge in [-0.2, -0.15) is 0 Å². The molecule has 132 valence electrons. The van der Waals surface area contributed by atoms with Gasteiger partial charge in [0.2, 0.25) is 5.95 Å². The number of rotatable bonds is 5. The lowest BCUT2D eigenvalue weighted by Gasteiger charge is -2.11. The number of carbonyl (C=O) groups excluding carboxylic acids is 1. The minimum Gasteiger partial charge on any atom is -0.324 e. The van der Waals surface area contributed by atoms with Gasteiger partial charge in [0, 0.05) is 17.6 Å². The molecule has 0 unspecified atom stereocenters. The van der Waals surface area contributed by atoms with E-state index in [-0.39, 0.29) is 5.91 Å². The Bertz CT molecular complexity index is 937. The Morgan fingerprint density at radius 2 is 1.85 bits per heavy atom. The van der Waals surface area contributed by atoms with E-state index in [9.17, 15) is 4.79 Å². The Labute approximate surface area is 153 Å². The average Bonchev–Trinajstić information content (AvgIpc) is 2.65. The number of aryl methyl sites for hydroxylation is 3. The molecule has 1 amide bonds. The van der Waals surface area contributed by atoms with Crippen molar-refractivity contribution in [1.29, 1.82) is 0 Å². The van der Waals surface area contributed by atoms with Gasteiger partial charge in [-0.1, -0.05) is 31.2 Å². The zero-order valence-corrected chi connectivity index (χ0v) is 15.2. The zero-order chi connectivity index (χ0) is 18.5. The Morgan fingerprint density at radius 1 is 1.04 bits per heavy atom. The van der Waals surface area contributed by atoms with Gasteiger partial charge in [-0.15, -0.1) is 0 Å². The quantitative estimate of drug-likeness (QED) is 0.705. The second-order valence-electron chi connectivity index (χ2n) is 6.15. The van der Waals surface area contributed by atoms with E-state index in [4.69, 9.17) is 0 Å². The van der Waals surface area contributed by atoms with Gasteiger partial charge in [0.25, 0.3) is 5.91 Å². The molecule has 2 N–H and O–H groups in total. The van der Waals surface area contributed by atoms with Crippen LogP contribution in [-0.4, -0.2) is 15.9 Å². The van der Waals surface area contributed by atoms with E-state index in [1.165, 1.54) is 11.1 Å². The molecule has 0 fully saturated rings. The number of hydrogen-bond acceptors (Lipinski definition) is 4. The summed E-state index contributed by atoms with van der Waals surface area (Å²) in [5.41, 5.74) is 5.50. The van der Waals surface area contributed by atoms with Crippen LogP contribution in [0.4, 0.5) is 17.3 Å². The molecule has 3 aromatic rings. The minimum atomic E-state index is -0.262. The van der Waals surface area contributed by atoms with Crippen LogP contribution in [0.25, 0.3) is 0 Å². The van der Waals surface area contributed by atoms with Crippen LogP contribution in [0.1, 0.15) is 34.1 Å². The number of para-hydroxylation sites is 1. The van der Waals surface area contributed by atoms with E-state index in [1.807, 2.05) is 50.2 Å². The van der Waals surface area contributed by atoms with Crippen LogP contribution in [0.15, 0.2) is 54.7 Å². The Morgan fingerprint density at radius 3 is 2.62 bits per heavy atom. The molecule has 0 saturated carbocycles. The molecule has 0 atom stereocenters. The summed E-state index contributed by atoms with van der Waals surface area (Å²) >= 11 is 0. The zero-order valence-electron chi connectivity index (χ0n) is 15.2. The molecule has 0 saturated heterocycles. The number of hydrogen-bond donors (Lipinski definition) is 2. The summed E-state index contributed by atoms with van der Waals surface area (Å²) in [4.78, 5) is 21.1. The van der Waals surface area contributed by atoms with Crippen molar-refractivity contribution in [3.8, 4) is 0 Å². The van der Waals surface area contributed by atoms with Crippen molar-refractivity contribution in [2.75, 3.05) is 10.6 Å². The largest absolute Gasteiger partial charge is 0.324 e. The van der Waals surface area contributed by atoms with Gasteiger partial charge in [0.1, 0.15) is 5.69 Å². The maximum absolute atomic E-state index is 12.5. The fraction of sp³-hybridized carbons (Fsp3) is 0.190. The number of amides is 1. The minimum absolute atomic E-state index is 0.262. The van der Waals surface area contributed by atoms with E-state index >= 15 is 0 Å². The SMILES string of the molecule is CCc1ccccc1Nc1nccc(C(=O)Nc2ccc(C)c(C)c2)n1. The van der Waals surface area contributed by atoms with E-state index < -0.39 is 0 Å². The van der Waals surface area contributed by atoms with E-state index in [1.54, 1.807) is 12.3 Å². The smallest absolute Gasteiger partial charge is 0.274 e. The number of aromatic nitrogens is 2. The molecule has 3 rings (SSSR count). The molecule has 0 bridgehead atoms. The lowest BCUT2D eigenvalue weighted by Crippen LogP contribution is -2.15. The molecule has 2 aromatic carbocycles. The van der Waals surface area contributed by atoms with Crippen molar-refractivity contribution in [1.82, 2.24) is 9.97 Å². The lowest BCUT2D eigenvalue weighted by molar-refractivity contribution is 0.102. The summed E-state index contributed by atoms with van der Waals surface area (Å²) in [7, 11) is 0. The van der Waals surface area contributed by atoms with Gasteiger partial charge in [-0.05, 0) is 61.2 Å². The van der Waals surface area contributed by atoms with Crippen molar-refractivity contribution in [2.24, 2.45) is 0 Å². The summed E-state index contributed by atoms with van der Waals surface area (Å²) in [5.74, 6) is 0.140. The third kappa shape index (κ3) is 4.06. The molecule has 26 heavy (non-hydrogen) atoms. The average molecular weight is 346 g/mol. The van der Waals surface area contributed by atoms with Crippen LogP contribution in [0.3, 0.4) is 0 Å². The molecule has 5 nitrogen and oxygen atoms in total. The van der Waals surface area contributed by atoms with Crippen LogP contribution < -0.4 is 10.6 Å². The molecule has 0 aliphatic carbocycles. The lowest BCUT2D eigenvalue weighted by atomic mass is 10.1. The number of carbonyl (C=O) groups is 1. The van der Waals surface area contributed by atoms with Crippen molar-refractivity contribution in [3.63, 3.8) is 0 Å². The standard InChI is InChI=1S/C21H22N4O/c1-4-16-7-5-6-8-18(16)24-21-22-12-11-19(25-21)20(26)23-17-10-9-14(2)15(3)13-17/h5-13H,4H2,1-3H3,(H,23,26)(H,22,24,25). The number of nitrogens with one attached hydrogen (secondary N) is 2. The summed E-state index contributed by atoms with van der Waals surface area (Å²) < 4.78 is 0. The highest BCUT2D eigenvalue weighted by molar-refractivity contribution is 6.03. The van der Waals surface area contributed by atoms with Gasteiger partial charge < -0.3 is 10.6 Å². The molecular weight excluding hydrogens is 324 g/mol. The van der Waals surface area contributed by atoms with Gasteiger partial charge in [0.05, 0.1) is 0 Å². The molecular formula is C21H22N4O. The molecule has 0 aliphatic heterocycles. The van der Waals surface area contributed by atoms with Crippen molar-refractivity contribution in [3.05, 3.63) is 77.1 Å². The Kier molecular flexibility index (Phi) is 5.27. The Hall–Kier alpha value is -3.21. The molecule has 5 heteroatoms.